The first-order chi connectivity index (χ1) is 62.5. The van der Waals surface area contributed by atoms with Crippen LogP contribution in [0.5, 0.6) is 0 Å². The predicted octanol–water partition coefficient (Wildman–Crippen LogP) is 29.5. The topological polar surface area (TPSA) is 81.1 Å². The highest BCUT2D eigenvalue weighted by atomic mass is 15.2. The Morgan fingerprint density at radius 3 is 0.786 bits per heavy atom. The van der Waals surface area contributed by atoms with Gasteiger partial charge in [-0.05, 0) is 149 Å². The highest BCUT2D eigenvalue weighted by Crippen LogP contribution is 2.49. The third-order valence-electron chi connectivity index (χ3n) is 25.8. The second kappa shape index (κ2) is 28.3. The number of pyridine rings is 4. The normalized spacial score (nSPS) is 12.0. The van der Waals surface area contributed by atoms with Gasteiger partial charge in [-0.2, -0.15) is 0 Å². The summed E-state index contributed by atoms with van der Waals surface area (Å²) in [6, 6.07) is 158. The first-order valence-corrected chi connectivity index (χ1v) is 42.9. The third-order valence-corrected chi connectivity index (χ3v) is 25.8. The molecule has 10 heterocycles. The van der Waals surface area contributed by atoms with Crippen LogP contribution >= 0.6 is 0 Å². The van der Waals surface area contributed by atoms with Crippen LogP contribution in [-0.4, -0.2) is 47.3 Å². The van der Waals surface area contributed by atoms with Gasteiger partial charge in [-0.15, -0.1) is 0 Å². The predicted molar refractivity (Wildman–Crippen MR) is 522 cm³/mol. The maximum Gasteiger partial charge on any atom is 0.165 e. The van der Waals surface area contributed by atoms with Crippen LogP contribution in [0.25, 0.3) is 244 Å². The smallest absolute Gasteiger partial charge is 0.165 e. The summed E-state index contributed by atoms with van der Waals surface area (Å²) < 4.78 is 14.5. The van der Waals surface area contributed by atoms with Gasteiger partial charge in [-0.1, -0.05) is 315 Å². The van der Waals surface area contributed by atoms with Crippen molar-refractivity contribution >= 4 is 131 Å². The number of benzene rings is 16. The Hall–Kier alpha value is -17.1. The van der Waals surface area contributed by atoms with Gasteiger partial charge in [-0.3, -0.25) is 18.3 Å². The Kier molecular flexibility index (Phi) is 15.9. The van der Waals surface area contributed by atoms with E-state index >= 15 is 0 Å². The van der Waals surface area contributed by atoms with E-state index < -0.39 is 0 Å². The van der Waals surface area contributed by atoms with Crippen molar-refractivity contribution in [2.24, 2.45) is 0 Å². The lowest BCUT2D eigenvalue weighted by molar-refractivity contribution is 0.983. The van der Waals surface area contributed by atoms with Crippen molar-refractivity contribution in [2.75, 3.05) is 0 Å². The van der Waals surface area contributed by atoms with Gasteiger partial charge in [0.1, 0.15) is 11.6 Å². The van der Waals surface area contributed by atoms with Crippen molar-refractivity contribution in [3.05, 3.63) is 437 Å². The number of fused-ring (bicyclic) bond motifs is 18. The van der Waals surface area contributed by atoms with Crippen LogP contribution < -0.4 is 0 Å². The first kappa shape index (κ1) is 70.7. The fourth-order valence-electron chi connectivity index (χ4n) is 20.3. The molecule has 0 radical (unpaired) electrons. The van der Waals surface area contributed by atoms with Crippen molar-refractivity contribution in [3.63, 3.8) is 0 Å². The lowest BCUT2D eigenvalue weighted by atomic mass is 9.97. The molecule has 10 nitrogen and oxygen atoms in total. The monoisotopic (exact) mass is 1600 g/mol. The quantitative estimate of drug-likeness (QED) is 0.115. The molecule has 0 aliphatic heterocycles. The highest BCUT2D eigenvalue weighted by molar-refractivity contribution is 6.17. The van der Waals surface area contributed by atoms with E-state index in [4.69, 9.17) is 19.9 Å². The Balaban J connectivity index is 0.724. The van der Waals surface area contributed by atoms with E-state index in [0.29, 0.717) is 0 Å². The minimum absolute atomic E-state index is 0.759. The second-order valence-electron chi connectivity index (χ2n) is 32.8. The van der Waals surface area contributed by atoms with Crippen molar-refractivity contribution in [1.29, 1.82) is 0 Å². The van der Waals surface area contributed by atoms with Gasteiger partial charge in [0.2, 0.25) is 0 Å². The Morgan fingerprint density at radius 1 is 0.135 bits per heavy atom. The number of rotatable bonds is 13. The molecule has 16 aromatic carbocycles. The molecule has 26 rings (SSSR count). The SMILES string of the molecule is c1ccc(-c2cc(-c3cccc(-c4ccc5c(c4)c4ccccc4n5-c4nc(-n5c6ccccc6c6ccccc65)cc(-c5cc(-c6ccccc6)nc(-c6ccccc6)c5)c4-n4c5ccccc5c5ccccc54)c3)nc(-c3cc(-n4c5ccccc5c5ccccc54)nc(-n4c5ccccc5c5ccccc54)c3-n3c4ccccc4c4ccccc43)c2)cc1. The number of hydrogen-bond donors (Lipinski definition) is 0. The van der Waals surface area contributed by atoms with Gasteiger partial charge in [0.05, 0.1) is 100 Å². The standard InChI is InChI=1S/C116H72N10/c1-4-33-73(34-5-1)79-67-97(118-98(68-79)94-72-112(122-101-54-23-12-43-83(101)84-44-13-24-55-102(84)122)120-116(125-107-60-29-18-49-89(107)90-50-19-30-61-108(90)125)114(94)124-105-58-27-16-47-87(105)88-48-17-28-59-106(88)124)78-40-32-39-76(65-78)77-63-64-110-93(66-77)91-51-20-31-62-109(91)126(110)115-113(123-103-56-25-14-45-85(103)86-46-15-26-57-104(86)123)92(71-111(119-115)121-99-52-21-10-41-81(99)82-42-11-22-53-100(82)121)80-69-95(74-35-6-2-7-36-74)117-96(70-80)75-37-8-3-9-38-75/h1-72H. The third kappa shape index (κ3) is 11.0. The average Bonchev–Trinajstić information content (AvgIpc) is 1.54. The van der Waals surface area contributed by atoms with E-state index in [1.54, 1.807) is 0 Å². The highest BCUT2D eigenvalue weighted by Gasteiger charge is 2.31. The number of aromatic nitrogens is 10. The number of nitrogens with zero attached hydrogens (tertiary/aromatic N) is 10. The summed E-state index contributed by atoms with van der Waals surface area (Å²) in [5, 5.41) is 13.6. The van der Waals surface area contributed by atoms with Crippen LogP contribution in [0.2, 0.25) is 0 Å². The fourth-order valence-corrected chi connectivity index (χ4v) is 20.3. The zero-order valence-electron chi connectivity index (χ0n) is 68.0. The van der Waals surface area contributed by atoms with Crippen LogP contribution in [0.3, 0.4) is 0 Å². The minimum atomic E-state index is 0.759. The molecule has 26 aromatic rings. The second-order valence-corrected chi connectivity index (χ2v) is 32.8. The molecule has 0 saturated carbocycles. The van der Waals surface area contributed by atoms with E-state index in [9.17, 15) is 0 Å². The molecule has 126 heavy (non-hydrogen) atoms. The van der Waals surface area contributed by atoms with Gasteiger partial charge < -0.3 is 9.13 Å². The molecule has 10 heteroatoms. The summed E-state index contributed by atoms with van der Waals surface area (Å²) >= 11 is 0. The maximum absolute atomic E-state index is 6.26. The lowest BCUT2D eigenvalue weighted by Crippen LogP contribution is -2.11. The van der Waals surface area contributed by atoms with Gasteiger partial charge in [0, 0.05) is 92.5 Å². The van der Waals surface area contributed by atoms with Gasteiger partial charge in [-0.25, -0.2) is 19.9 Å². The van der Waals surface area contributed by atoms with Crippen molar-refractivity contribution in [2.45, 2.75) is 0 Å². The summed E-state index contributed by atoms with van der Waals surface area (Å²) in [6.07, 6.45) is 0. The van der Waals surface area contributed by atoms with Crippen LogP contribution in [0.15, 0.2) is 437 Å². The molecule has 10 aromatic heterocycles. The molecule has 0 aliphatic carbocycles. The molecule has 0 spiro atoms. The van der Waals surface area contributed by atoms with E-state index in [-0.39, 0.29) is 0 Å². The van der Waals surface area contributed by atoms with E-state index in [0.717, 1.165) is 244 Å². The summed E-state index contributed by atoms with van der Waals surface area (Å²) in [5.41, 5.74) is 27.7. The Bertz CT molecular complexity index is 8660. The summed E-state index contributed by atoms with van der Waals surface area (Å²) in [4.78, 5) is 24.1. The summed E-state index contributed by atoms with van der Waals surface area (Å²) in [5.74, 6) is 3.05. The largest absolute Gasteiger partial charge is 0.305 e. The molecular formula is C116H72N10. The average molecular weight is 1610 g/mol. The van der Waals surface area contributed by atoms with Gasteiger partial charge in [0.15, 0.2) is 11.6 Å². The van der Waals surface area contributed by atoms with E-state index in [2.05, 4.69) is 464 Å². The molecule has 0 saturated heterocycles. The van der Waals surface area contributed by atoms with Gasteiger partial charge >= 0.3 is 0 Å². The van der Waals surface area contributed by atoms with Crippen LogP contribution in [0, 0.1) is 0 Å². The van der Waals surface area contributed by atoms with Crippen LogP contribution in [-0.2, 0) is 0 Å². The molecule has 0 bridgehead atoms. The molecule has 0 unspecified atom stereocenters. The van der Waals surface area contributed by atoms with Crippen molar-refractivity contribution < 1.29 is 0 Å². The molecule has 0 N–H and O–H groups in total. The molecule has 586 valence electrons. The van der Waals surface area contributed by atoms with Crippen LogP contribution in [0.1, 0.15) is 0 Å². The Morgan fingerprint density at radius 2 is 0.397 bits per heavy atom. The Labute approximate surface area is 723 Å². The van der Waals surface area contributed by atoms with E-state index in [1.807, 2.05) is 0 Å². The summed E-state index contributed by atoms with van der Waals surface area (Å²) in [7, 11) is 0. The molecular weight excluding hydrogens is 1530 g/mol. The van der Waals surface area contributed by atoms with Crippen molar-refractivity contribution in [3.8, 4) is 113 Å². The lowest BCUT2D eigenvalue weighted by Gasteiger charge is -2.22. The molecule has 0 fully saturated rings. The van der Waals surface area contributed by atoms with Crippen LogP contribution in [0.4, 0.5) is 0 Å². The number of para-hydroxylation sites is 11. The molecule has 0 aliphatic rings. The summed E-state index contributed by atoms with van der Waals surface area (Å²) in [6.45, 7) is 0. The minimum Gasteiger partial charge on any atom is -0.305 e. The number of hydrogen-bond acceptors (Lipinski definition) is 4. The van der Waals surface area contributed by atoms with Crippen molar-refractivity contribution in [1.82, 2.24) is 47.3 Å². The van der Waals surface area contributed by atoms with Gasteiger partial charge in [0.25, 0.3) is 0 Å². The molecule has 0 atom stereocenters. The zero-order chi connectivity index (χ0) is 82.6. The maximum atomic E-state index is 6.26. The fraction of sp³-hybridized carbons (Fsp3) is 0. The molecule has 0 amide bonds. The first-order valence-electron chi connectivity index (χ1n) is 42.9. The zero-order valence-corrected chi connectivity index (χ0v) is 68.0. The van der Waals surface area contributed by atoms with E-state index in [1.165, 1.54) is 0 Å².